The van der Waals surface area contributed by atoms with Crippen LogP contribution in [0.5, 0.6) is 0 Å². The van der Waals surface area contributed by atoms with Gasteiger partial charge in [0, 0.05) is 51.7 Å². The number of aryl methyl sites for hydroxylation is 1. The number of alkyl halides is 3. The Morgan fingerprint density at radius 2 is 1.97 bits per heavy atom. The number of halogens is 4. The number of pyridine rings is 1. The first-order chi connectivity index (χ1) is 14.8. The minimum atomic E-state index is -4.30. The molecule has 0 atom stereocenters. The molecule has 1 aromatic carbocycles. The van der Waals surface area contributed by atoms with Crippen LogP contribution in [0.25, 0.3) is 0 Å². The summed E-state index contributed by atoms with van der Waals surface area (Å²) in [5.74, 6) is 0.781. The Labute approximate surface area is 204 Å². The van der Waals surface area contributed by atoms with E-state index in [9.17, 15) is 13.2 Å². The molecule has 176 valence electrons. The summed E-state index contributed by atoms with van der Waals surface area (Å²) < 4.78 is 38.7. The maximum Gasteiger partial charge on any atom is 0.416 e. The highest BCUT2D eigenvalue weighted by Crippen LogP contribution is 2.30. The second-order valence-corrected chi connectivity index (χ2v) is 7.94. The number of hydrogen-bond donors (Lipinski definition) is 2. The molecule has 0 amide bonds. The van der Waals surface area contributed by atoms with Gasteiger partial charge in [0.15, 0.2) is 5.96 Å². The molecule has 3 rings (SSSR count). The van der Waals surface area contributed by atoms with Crippen LogP contribution in [-0.4, -0.2) is 48.6 Å². The van der Waals surface area contributed by atoms with Crippen LogP contribution >= 0.6 is 24.0 Å². The van der Waals surface area contributed by atoms with E-state index in [4.69, 9.17) is 0 Å². The van der Waals surface area contributed by atoms with E-state index < -0.39 is 11.7 Å². The van der Waals surface area contributed by atoms with Gasteiger partial charge in [0.2, 0.25) is 0 Å². The Hall–Kier alpha value is -1.88. The van der Waals surface area contributed by atoms with Gasteiger partial charge in [-0.15, -0.1) is 24.0 Å². The van der Waals surface area contributed by atoms with E-state index in [0.29, 0.717) is 18.2 Å². The summed E-state index contributed by atoms with van der Waals surface area (Å²) in [6, 6.07) is 7.94. The summed E-state index contributed by atoms with van der Waals surface area (Å²) in [4.78, 5) is 10.6. The summed E-state index contributed by atoms with van der Waals surface area (Å²) in [7, 11) is 1.76. The summed E-state index contributed by atoms with van der Waals surface area (Å²) >= 11 is 0. The van der Waals surface area contributed by atoms with Gasteiger partial charge < -0.3 is 10.6 Å². The molecule has 0 radical (unpaired) electrons. The Balaban J connectivity index is 0.00000363. The third-order valence-corrected chi connectivity index (χ3v) is 5.64. The molecular formula is C23H31F3IN5. The van der Waals surface area contributed by atoms with Crippen molar-refractivity contribution >= 4 is 29.9 Å². The molecule has 1 saturated heterocycles. The number of benzene rings is 1. The molecule has 1 aliphatic rings. The van der Waals surface area contributed by atoms with Crippen LogP contribution in [0.3, 0.4) is 0 Å². The number of aromatic nitrogens is 1. The predicted octanol–water partition coefficient (Wildman–Crippen LogP) is 4.40. The predicted molar refractivity (Wildman–Crippen MR) is 132 cm³/mol. The molecular weight excluding hydrogens is 530 g/mol. The van der Waals surface area contributed by atoms with E-state index in [0.717, 1.165) is 50.9 Å². The summed E-state index contributed by atoms with van der Waals surface area (Å²) in [5, 5.41) is 6.83. The Kier molecular flexibility index (Phi) is 10.2. The van der Waals surface area contributed by atoms with Gasteiger partial charge in [-0.2, -0.15) is 13.2 Å². The summed E-state index contributed by atoms with van der Waals surface area (Å²) in [5.41, 5.74) is 2.56. The maximum absolute atomic E-state index is 12.9. The van der Waals surface area contributed by atoms with Crippen LogP contribution in [0.1, 0.15) is 35.1 Å². The molecule has 2 aromatic rings. The van der Waals surface area contributed by atoms with Gasteiger partial charge in [-0.3, -0.25) is 14.9 Å². The van der Waals surface area contributed by atoms with Gasteiger partial charge in [0.1, 0.15) is 0 Å². The second kappa shape index (κ2) is 12.4. The van der Waals surface area contributed by atoms with E-state index in [2.05, 4.69) is 32.4 Å². The van der Waals surface area contributed by atoms with Crippen molar-refractivity contribution in [1.82, 2.24) is 20.5 Å². The Bertz CT molecular complexity index is 880. The van der Waals surface area contributed by atoms with Gasteiger partial charge in [-0.25, -0.2) is 0 Å². The first-order valence-corrected chi connectivity index (χ1v) is 10.6. The topological polar surface area (TPSA) is 52.6 Å². The molecule has 0 aliphatic carbocycles. The normalized spacial score (nSPS) is 15.8. The number of guanidine groups is 1. The maximum atomic E-state index is 12.9. The fourth-order valence-electron chi connectivity index (χ4n) is 3.83. The van der Waals surface area contributed by atoms with Crippen LogP contribution in [0.4, 0.5) is 13.2 Å². The largest absolute Gasteiger partial charge is 0.416 e. The standard InChI is InChI=1S/C23H30F3N5.HI/c1-17-15-28-10-6-19(17)7-11-29-22(27-2)30-21-8-12-31(13-9-21)16-18-4-3-5-20(14-18)23(24,25)26;/h3-6,10,14-15,21H,7-9,11-13,16H2,1-2H3,(H2,27,29,30);1H. The molecule has 9 heteroatoms. The number of nitrogens with one attached hydrogen (secondary N) is 2. The highest BCUT2D eigenvalue weighted by Gasteiger charge is 2.30. The minimum absolute atomic E-state index is 0. The summed E-state index contributed by atoms with van der Waals surface area (Å²) in [6.45, 7) is 5.04. The van der Waals surface area contributed by atoms with Crippen molar-refractivity contribution in [3.05, 3.63) is 65.0 Å². The van der Waals surface area contributed by atoms with Crippen molar-refractivity contribution in [3.8, 4) is 0 Å². The van der Waals surface area contributed by atoms with Crippen molar-refractivity contribution < 1.29 is 13.2 Å². The highest BCUT2D eigenvalue weighted by atomic mass is 127. The van der Waals surface area contributed by atoms with Crippen molar-refractivity contribution in [2.45, 2.75) is 44.9 Å². The smallest absolute Gasteiger partial charge is 0.356 e. The van der Waals surface area contributed by atoms with Crippen molar-refractivity contribution in [3.63, 3.8) is 0 Å². The van der Waals surface area contributed by atoms with Crippen LogP contribution in [0.2, 0.25) is 0 Å². The lowest BCUT2D eigenvalue weighted by Crippen LogP contribution is -2.48. The van der Waals surface area contributed by atoms with Crippen LogP contribution in [-0.2, 0) is 19.1 Å². The molecule has 32 heavy (non-hydrogen) atoms. The zero-order valence-corrected chi connectivity index (χ0v) is 20.8. The average molecular weight is 561 g/mol. The van der Waals surface area contributed by atoms with Crippen molar-refractivity contribution in [1.29, 1.82) is 0 Å². The molecule has 1 aromatic heterocycles. The fourth-order valence-corrected chi connectivity index (χ4v) is 3.83. The van der Waals surface area contributed by atoms with E-state index in [-0.39, 0.29) is 24.0 Å². The minimum Gasteiger partial charge on any atom is -0.356 e. The van der Waals surface area contributed by atoms with E-state index in [1.54, 1.807) is 13.1 Å². The summed E-state index contributed by atoms with van der Waals surface area (Å²) in [6.07, 6.45) is 2.11. The third kappa shape index (κ3) is 7.91. The lowest BCUT2D eigenvalue weighted by Gasteiger charge is -2.33. The quantitative estimate of drug-likeness (QED) is 0.312. The first-order valence-electron chi connectivity index (χ1n) is 10.6. The molecule has 2 heterocycles. The monoisotopic (exact) mass is 561 g/mol. The molecule has 0 saturated carbocycles. The number of aliphatic imine (C=N–C) groups is 1. The number of piperidine rings is 1. The van der Waals surface area contributed by atoms with E-state index >= 15 is 0 Å². The molecule has 0 bridgehead atoms. The second-order valence-electron chi connectivity index (χ2n) is 7.94. The highest BCUT2D eigenvalue weighted by molar-refractivity contribution is 14.0. The van der Waals surface area contributed by atoms with Crippen molar-refractivity contribution in [2.75, 3.05) is 26.7 Å². The van der Waals surface area contributed by atoms with E-state index in [1.165, 1.54) is 23.3 Å². The van der Waals surface area contributed by atoms with Gasteiger partial charge in [0.25, 0.3) is 0 Å². The zero-order chi connectivity index (χ0) is 22.3. The number of nitrogens with zero attached hydrogens (tertiary/aromatic N) is 3. The molecule has 2 N–H and O–H groups in total. The molecule has 0 spiro atoms. The van der Waals surface area contributed by atoms with Gasteiger partial charge in [-0.1, -0.05) is 18.2 Å². The third-order valence-electron chi connectivity index (χ3n) is 5.64. The lowest BCUT2D eigenvalue weighted by atomic mass is 10.0. The first kappa shape index (κ1) is 26.4. The SMILES string of the molecule is CN=C(NCCc1ccncc1C)NC1CCN(Cc2cccc(C(F)(F)F)c2)CC1.I. The number of hydrogen-bond acceptors (Lipinski definition) is 3. The molecule has 0 unspecified atom stereocenters. The van der Waals surface area contributed by atoms with Gasteiger partial charge in [-0.05, 0) is 55.0 Å². The van der Waals surface area contributed by atoms with Crippen molar-refractivity contribution in [2.24, 2.45) is 4.99 Å². The van der Waals surface area contributed by atoms with Crippen LogP contribution in [0, 0.1) is 6.92 Å². The fraction of sp³-hybridized carbons (Fsp3) is 0.478. The van der Waals surface area contributed by atoms with Gasteiger partial charge >= 0.3 is 6.18 Å². The lowest BCUT2D eigenvalue weighted by molar-refractivity contribution is -0.137. The average Bonchev–Trinajstić information content (AvgIpc) is 2.75. The number of likely N-dealkylation sites (tertiary alicyclic amines) is 1. The molecule has 5 nitrogen and oxygen atoms in total. The molecule has 1 aliphatic heterocycles. The molecule has 1 fully saturated rings. The Morgan fingerprint density at radius 1 is 1.22 bits per heavy atom. The zero-order valence-electron chi connectivity index (χ0n) is 18.5. The van der Waals surface area contributed by atoms with Crippen LogP contribution < -0.4 is 10.6 Å². The van der Waals surface area contributed by atoms with Gasteiger partial charge in [0.05, 0.1) is 5.56 Å². The van der Waals surface area contributed by atoms with E-state index in [1.807, 2.05) is 18.5 Å². The Morgan fingerprint density at radius 3 is 2.62 bits per heavy atom. The van der Waals surface area contributed by atoms with Crippen LogP contribution in [0.15, 0.2) is 47.7 Å². The number of rotatable bonds is 6.